The molecule has 0 bridgehead atoms. The lowest BCUT2D eigenvalue weighted by molar-refractivity contribution is -0.117. The molecule has 1 fully saturated rings. The zero-order chi connectivity index (χ0) is 20.1. The summed E-state index contributed by atoms with van der Waals surface area (Å²) in [7, 11) is 3.16. The number of carbonyl (C=O) groups excluding carboxylic acids is 1. The highest BCUT2D eigenvalue weighted by atomic mass is 32.2. The summed E-state index contributed by atoms with van der Waals surface area (Å²) in [6, 6.07) is 11.1. The molecule has 1 amide bonds. The number of rotatable bonds is 8. The van der Waals surface area contributed by atoms with Crippen molar-refractivity contribution in [1.29, 1.82) is 0 Å². The number of pyridine rings is 1. The van der Waals surface area contributed by atoms with Gasteiger partial charge in [-0.15, -0.1) is 0 Å². The minimum absolute atomic E-state index is 0.0257. The topological polar surface area (TPSA) is 81.0 Å². The molecular formula is C20H24N2O5S. The number of methoxy groups -OCH3 is 2. The van der Waals surface area contributed by atoms with Gasteiger partial charge in [0.15, 0.2) is 0 Å². The summed E-state index contributed by atoms with van der Waals surface area (Å²) in [4.78, 5) is 27.1. The van der Waals surface area contributed by atoms with Crippen LogP contribution in [0.15, 0.2) is 47.4 Å². The van der Waals surface area contributed by atoms with Gasteiger partial charge in [0.2, 0.25) is 5.91 Å². The largest absolute Gasteiger partial charge is 0.497 e. The number of anilines is 1. The van der Waals surface area contributed by atoms with Gasteiger partial charge in [0, 0.05) is 32.2 Å². The lowest BCUT2D eigenvalue weighted by Gasteiger charge is -2.19. The molecule has 0 radical (unpaired) electrons. The van der Waals surface area contributed by atoms with Gasteiger partial charge in [0.25, 0.3) is 5.56 Å². The average molecular weight is 404 g/mol. The maximum absolute atomic E-state index is 12.9. The second kappa shape index (κ2) is 9.27. The van der Waals surface area contributed by atoms with Crippen molar-refractivity contribution in [3.8, 4) is 5.75 Å². The Labute approximate surface area is 168 Å². The second-order valence-corrected chi connectivity index (χ2v) is 7.84. The van der Waals surface area contributed by atoms with Gasteiger partial charge >= 0.3 is 0 Å². The van der Waals surface area contributed by atoms with Crippen LogP contribution in [0.5, 0.6) is 5.75 Å². The van der Waals surface area contributed by atoms with Crippen molar-refractivity contribution in [3.05, 3.63) is 58.5 Å². The van der Waals surface area contributed by atoms with Crippen molar-refractivity contribution in [2.75, 3.05) is 38.9 Å². The van der Waals surface area contributed by atoms with E-state index in [2.05, 4.69) is 0 Å². The fourth-order valence-corrected chi connectivity index (χ4v) is 4.17. The molecule has 7 nitrogen and oxygen atoms in total. The Morgan fingerprint density at radius 3 is 2.61 bits per heavy atom. The predicted octanol–water partition coefficient (Wildman–Crippen LogP) is 1.88. The number of aliphatic hydroxyl groups excluding tert-OH is 1. The van der Waals surface area contributed by atoms with Crippen molar-refractivity contribution in [2.24, 2.45) is 0 Å². The van der Waals surface area contributed by atoms with Crippen molar-refractivity contribution in [3.63, 3.8) is 0 Å². The number of nitrogens with zero attached hydrogens (tertiary/aromatic N) is 2. The minimum Gasteiger partial charge on any atom is -0.497 e. The first kappa shape index (κ1) is 20.4. The quantitative estimate of drug-likeness (QED) is 0.724. The van der Waals surface area contributed by atoms with E-state index in [1.165, 1.54) is 15.9 Å². The van der Waals surface area contributed by atoms with Gasteiger partial charge < -0.3 is 19.5 Å². The van der Waals surface area contributed by atoms with Crippen molar-refractivity contribution in [2.45, 2.75) is 17.6 Å². The van der Waals surface area contributed by atoms with Crippen molar-refractivity contribution < 1.29 is 19.4 Å². The van der Waals surface area contributed by atoms with Gasteiger partial charge in [-0.25, -0.2) is 0 Å². The summed E-state index contributed by atoms with van der Waals surface area (Å²) in [6.45, 7) is 0.661. The first-order chi connectivity index (χ1) is 13.6. The molecule has 1 aliphatic heterocycles. The molecule has 0 aliphatic carbocycles. The molecule has 1 aromatic heterocycles. The summed E-state index contributed by atoms with van der Waals surface area (Å²) in [5, 5.41) is 9.18. The Morgan fingerprint density at radius 1 is 1.21 bits per heavy atom. The van der Waals surface area contributed by atoms with E-state index in [1.807, 2.05) is 24.3 Å². The van der Waals surface area contributed by atoms with Gasteiger partial charge in [0.05, 0.1) is 25.6 Å². The van der Waals surface area contributed by atoms with Gasteiger partial charge in [-0.1, -0.05) is 12.1 Å². The summed E-state index contributed by atoms with van der Waals surface area (Å²) in [5.74, 6) is 0.719. The molecule has 1 saturated heterocycles. The highest BCUT2D eigenvalue weighted by Crippen LogP contribution is 2.31. The number of aliphatic hydroxyl groups is 1. The van der Waals surface area contributed by atoms with Gasteiger partial charge in [-0.05, 0) is 41.8 Å². The van der Waals surface area contributed by atoms with E-state index < -0.39 is 0 Å². The lowest BCUT2D eigenvalue weighted by atomic mass is 9.98. The maximum Gasteiger partial charge on any atom is 0.284 e. The van der Waals surface area contributed by atoms with Crippen LogP contribution in [0.1, 0.15) is 17.9 Å². The van der Waals surface area contributed by atoms with Crippen molar-refractivity contribution >= 4 is 23.5 Å². The molecule has 8 heteroatoms. The molecule has 1 N–H and O–H groups in total. The third-order valence-electron chi connectivity index (χ3n) is 4.72. The Kier molecular flexibility index (Phi) is 6.77. The highest BCUT2D eigenvalue weighted by molar-refractivity contribution is 7.98. The van der Waals surface area contributed by atoms with Crippen LogP contribution in [0.2, 0.25) is 0 Å². The number of amides is 1. The Hall–Kier alpha value is -2.29. The zero-order valence-electron chi connectivity index (χ0n) is 15.9. The Bertz CT molecular complexity index is 868. The molecule has 150 valence electrons. The van der Waals surface area contributed by atoms with E-state index >= 15 is 0 Å². The number of hydrogen-bond acceptors (Lipinski definition) is 6. The summed E-state index contributed by atoms with van der Waals surface area (Å²) in [6.07, 6.45) is 1.99. The SMILES string of the molecule is COCC(CO)Sn1cccc(N2CC(c3ccc(OC)cc3)CC2=O)c1=O. The molecular weight excluding hydrogens is 380 g/mol. The van der Waals surface area contributed by atoms with Crippen LogP contribution in [-0.4, -0.2) is 54.2 Å². The van der Waals surface area contributed by atoms with E-state index in [4.69, 9.17) is 9.47 Å². The first-order valence-electron chi connectivity index (χ1n) is 9.00. The number of hydrogen-bond donors (Lipinski definition) is 1. The third kappa shape index (κ3) is 4.40. The molecule has 2 unspecified atom stereocenters. The van der Waals surface area contributed by atoms with Gasteiger partial charge in [-0.2, -0.15) is 0 Å². The van der Waals surface area contributed by atoms with Gasteiger partial charge in [-0.3, -0.25) is 13.6 Å². The zero-order valence-corrected chi connectivity index (χ0v) is 16.7. The molecule has 2 heterocycles. The Morgan fingerprint density at radius 2 is 1.96 bits per heavy atom. The number of carbonyl (C=O) groups is 1. The van der Waals surface area contributed by atoms with E-state index in [1.54, 1.807) is 37.4 Å². The lowest BCUT2D eigenvalue weighted by Crippen LogP contribution is -2.32. The molecule has 2 atom stereocenters. The predicted molar refractivity (Wildman–Crippen MR) is 109 cm³/mol. The number of aromatic nitrogens is 1. The third-order valence-corrected chi connectivity index (χ3v) is 5.81. The molecule has 0 spiro atoms. The first-order valence-corrected chi connectivity index (χ1v) is 9.84. The highest BCUT2D eigenvalue weighted by Gasteiger charge is 2.33. The minimum atomic E-state index is -0.272. The second-order valence-electron chi connectivity index (χ2n) is 6.57. The molecule has 3 rings (SSSR count). The monoisotopic (exact) mass is 404 g/mol. The Balaban J connectivity index is 1.80. The standard InChI is InChI=1S/C20H24N2O5S/c1-26-13-17(12-23)28-22-9-3-4-18(20(22)25)21-11-15(10-19(21)24)14-5-7-16(27-2)8-6-14/h3-9,15,17,23H,10-13H2,1-2H3. The van der Waals surface area contributed by atoms with E-state index in [0.717, 1.165) is 11.3 Å². The van der Waals surface area contributed by atoms with Gasteiger partial charge in [0.1, 0.15) is 11.4 Å². The van der Waals surface area contributed by atoms with Crippen LogP contribution in [0.25, 0.3) is 0 Å². The van der Waals surface area contributed by atoms with Crippen LogP contribution < -0.4 is 15.2 Å². The molecule has 1 aromatic carbocycles. The number of benzene rings is 1. The van der Waals surface area contributed by atoms with Crippen molar-refractivity contribution in [1.82, 2.24) is 3.97 Å². The average Bonchev–Trinajstić information content (AvgIpc) is 3.10. The summed E-state index contributed by atoms with van der Waals surface area (Å²) >= 11 is 1.19. The van der Waals surface area contributed by atoms with Crippen LogP contribution in [0, 0.1) is 0 Å². The van der Waals surface area contributed by atoms with Crippen LogP contribution in [0.4, 0.5) is 5.69 Å². The molecule has 1 aliphatic rings. The molecule has 28 heavy (non-hydrogen) atoms. The summed E-state index contributed by atoms with van der Waals surface area (Å²) in [5.41, 5.74) is 1.12. The fraction of sp³-hybridized carbons (Fsp3) is 0.400. The van der Waals surface area contributed by atoms with E-state index in [9.17, 15) is 14.7 Å². The maximum atomic E-state index is 12.9. The molecule has 0 saturated carbocycles. The van der Waals surface area contributed by atoms with Crippen LogP contribution in [-0.2, 0) is 9.53 Å². The van der Waals surface area contributed by atoms with Crippen LogP contribution >= 0.6 is 11.9 Å². The van der Waals surface area contributed by atoms with E-state index in [-0.39, 0.29) is 29.2 Å². The molecule has 2 aromatic rings. The fourth-order valence-electron chi connectivity index (χ4n) is 3.26. The number of ether oxygens (including phenoxy) is 2. The smallest absolute Gasteiger partial charge is 0.284 e. The van der Waals surface area contributed by atoms with Crippen LogP contribution in [0.3, 0.4) is 0 Å². The van der Waals surface area contributed by atoms with E-state index in [0.29, 0.717) is 25.3 Å². The summed E-state index contributed by atoms with van der Waals surface area (Å²) < 4.78 is 11.7. The normalized spacial score (nSPS) is 17.8.